The van der Waals surface area contributed by atoms with E-state index in [2.05, 4.69) is 20.4 Å². The Kier molecular flexibility index (Phi) is 5.88. The number of nitrogens with zero attached hydrogens (tertiary/aromatic N) is 4. The van der Waals surface area contributed by atoms with Crippen LogP contribution >= 0.6 is 11.6 Å². The molecule has 0 aliphatic rings. The normalized spacial score (nSPS) is 10.9. The first kappa shape index (κ1) is 21.5. The van der Waals surface area contributed by atoms with Crippen LogP contribution in [0.4, 0.5) is 10.1 Å². The number of carbonyl (C=O) groups excluding carboxylic acids is 1. The molecule has 168 valence electrons. The van der Waals surface area contributed by atoms with Gasteiger partial charge in [0, 0.05) is 34.6 Å². The first-order chi connectivity index (χ1) is 16.5. The lowest BCUT2D eigenvalue weighted by atomic mass is 10.2. The van der Waals surface area contributed by atoms with Gasteiger partial charge in [-0.2, -0.15) is 4.98 Å². The number of aromatic nitrogens is 4. The molecule has 1 N–H and O–H groups in total. The Bertz CT molecular complexity index is 1440. The van der Waals surface area contributed by atoms with Crippen molar-refractivity contribution in [3.63, 3.8) is 0 Å². The lowest BCUT2D eigenvalue weighted by Gasteiger charge is -2.07. The van der Waals surface area contributed by atoms with Crippen LogP contribution < -0.4 is 5.32 Å². The van der Waals surface area contributed by atoms with Crippen molar-refractivity contribution in [2.24, 2.45) is 0 Å². The van der Waals surface area contributed by atoms with E-state index in [0.29, 0.717) is 39.9 Å². The Morgan fingerprint density at radius 3 is 2.62 bits per heavy atom. The minimum absolute atomic E-state index is 0.228. The molecule has 7 nitrogen and oxygen atoms in total. The topological polar surface area (TPSA) is 85.8 Å². The molecule has 5 rings (SSSR count). The second-order valence-electron chi connectivity index (χ2n) is 7.52. The van der Waals surface area contributed by atoms with Gasteiger partial charge in [0.05, 0.1) is 6.33 Å². The van der Waals surface area contributed by atoms with E-state index in [1.54, 1.807) is 48.9 Å². The molecular formula is C25H17ClFN5O2. The van der Waals surface area contributed by atoms with Crippen molar-refractivity contribution in [2.45, 2.75) is 6.54 Å². The third-order valence-corrected chi connectivity index (χ3v) is 5.28. The Hall–Kier alpha value is -4.30. The number of halogens is 2. The summed E-state index contributed by atoms with van der Waals surface area (Å²) in [6.45, 7) is 0.564. The quantitative estimate of drug-likeness (QED) is 0.342. The predicted octanol–water partition coefficient (Wildman–Crippen LogP) is 5.69. The highest BCUT2D eigenvalue weighted by Gasteiger charge is 2.13. The van der Waals surface area contributed by atoms with Crippen molar-refractivity contribution in [1.82, 2.24) is 19.7 Å². The fourth-order valence-corrected chi connectivity index (χ4v) is 3.53. The Balaban J connectivity index is 1.23. The van der Waals surface area contributed by atoms with Crippen LogP contribution in [-0.4, -0.2) is 25.6 Å². The number of rotatable bonds is 6. The molecule has 0 fully saturated rings. The van der Waals surface area contributed by atoms with Gasteiger partial charge in [-0.05, 0) is 60.2 Å². The van der Waals surface area contributed by atoms with E-state index in [9.17, 15) is 9.18 Å². The zero-order valence-corrected chi connectivity index (χ0v) is 18.4. The summed E-state index contributed by atoms with van der Waals surface area (Å²) < 4.78 is 20.3. The molecule has 2 aromatic heterocycles. The zero-order valence-electron chi connectivity index (χ0n) is 17.7. The highest BCUT2D eigenvalue weighted by molar-refractivity contribution is 6.31. The minimum Gasteiger partial charge on any atom is -0.332 e. The second-order valence-corrected chi connectivity index (χ2v) is 7.96. The average Bonchev–Trinajstić information content (AvgIpc) is 3.51. The van der Waals surface area contributed by atoms with Crippen molar-refractivity contribution in [2.75, 3.05) is 5.32 Å². The maximum atomic E-state index is 13.1. The van der Waals surface area contributed by atoms with E-state index in [-0.39, 0.29) is 17.6 Å². The third-order valence-electron chi connectivity index (χ3n) is 5.04. The van der Waals surface area contributed by atoms with Gasteiger partial charge in [-0.15, -0.1) is 0 Å². The van der Waals surface area contributed by atoms with E-state index in [4.69, 9.17) is 16.1 Å². The molecule has 0 spiro atoms. The van der Waals surface area contributed by atoms with Crippen LogP contribution in [-0.2, 0) is 6.54 Å². The van der Waals surface area contributed by atoms with E-state index in [1.165, 1.54) is 12.1 Å². The number of hydrogen-bond acceptors (Lipinski definition) is 5. The standard InChI is InChI=1S/C25H17ClFN5O2/c26-19-3-1-2-18(12-19)24(33)29-21-10-4-16(5-11-21)13-32-14-22(28-15-32)25-30-23(31-34-25)17-6-8-20(27)9-7-17/h1-12,14-15H,13H2,(H,29,33). The number of imidazole rings is 1. The first-order valence-electron chi connectivity index (χ1n) is 10.3. The van der Waals surface area contributed by atoms with Gasteiger partial charge in [0.15, 0.2) is 0 Å². The zero-order chi connectivity index (χ0) is 23.5. The fourth-order valence-electron chi connectivity index (χ4n) is 3.34. The summed E-state index contributed by atoms with van der Waals surface area (Å²) in [5.74, 6) is 0.0777. The molecule has 34 heavy (non-hydrogen) atoms. The van der Waals surface area contributed by atoms with Crippen molar-refractivity contribution in [3.05, 3.63) is 107 Å². The molecule has 0 aliphatic heterocycles. The van der Waals surface area contributed by atoms with Crippen molar-refractivity contribution < 1.29 is 13.7 Å². The summed E-state index contributed by atoms with van der Waals surface area (Å²) in [7, 11) is 0. The van der Waals surface area contributed by atoms with Gasteiger partial charge in [0.2, 0.25) is 5.82 Å². The molecule has 0 aliphatic carbocycles. The smallest absolute Gasteiger partial charge is 0.278 e. The van der Waals surface area contributed by atoms with Crippen molar-refractivity contribution >= 4 is 23.2 Å². The van der Waals surface area contributed by atoms with Crippen LogP contribution in [0, 0.1) is 5.82 Å². The molecule has 0 radical (unpaired) electrons. The fraction of sp³-hybridized carbons (Fsp3) is 0.0400. The molecule has 0 saturated heterocycles. The maximum Gasteiger partial charge on any atom is 0.278 e. The molecular weight excluding hydrogens is 457 g/mol. The first-order valence-corrected chi connectivity index (χ1v) is 10.7. The van der Waals surface area contributed by atoms with E-state index in [1.807, 2.05) is 28.8 Å². The Labute approximate surface area is 198 Å². The molecule has 0 unspecified atom stereocenters. The molecule has 2 heterocycles. The Morgan fingerprint density at radius 1 is 1.06 bits per heavy atom. The van der Waals surface area contributed by atoms with Crippen LogP contribution in [0.5, 0.6) is 0 Å². The van der Waals surface area contributed by atoms with Crippen LogP contribution in [0.1, 0.15) is 15.9 Å². The molecule has 9 heteroatoms. The van der Waals surface area contributed by atoms with Gasteiger partial charge in [0.25, 0.3) is 11.8 Å². The summed E-state index contributed by atoms with van der Waals surface area (Å²) in [6, 6.07) is 20.2. The van der Waals surface area contributed by atoms with Crippen LogP contribution in [0.2, 0.25) is 5.02 Å². The maximum absolute atomic E-state index is 13.1. The van der Waals surface area contributed by atoms with Gasteiger partial charge >= 0.3 is 0 Å². The highest BCUT2D eigenvalue weighted by atomic mass is 35.5. The SMILES string of the molecule is O=C(Nc1ccc(Cn2cnc(-c3nc(-c4ccc(F)cc4)no3)c2)cc1)c1cccc(Cl)c1. The number of carbonyl (C=O) groups is 1. The number of amides is 1. The number of benzene rings is 3. The molecule has 0 bridgehead atoms. The molecule has 1 amide bonds. The Morgan fingerprint density at radius 2 is 1.85 bits per heavy atom. The van der Waals surface area contributed by atoms with Crippen LogP contribution in [0.25, 0.3) is 23.0 Å². The summed E-state index contributed by atoms with van der Waals surface area (Å²) in [4.78, 5) is 21.1. The molecule has 5 aromatic rings. The lowest BCUT2D eigenvalue weighted by molar-refractivity contribution is 0.102. The van der Waals surface area contributed by atoms with Gasteiger partial charge in [0.1, 0.15) is 11.5 Å². The molecule has 0 atom stereocenters. The summed E-state index contributed by atoms with van der Waals surface area (Å²) in [5.41, 5.74) is 3.37. The van der Waals surface area contributed by atoms with Crippen molar-refractivity contribution in [1.29, 1.82) is 0 Å². The number of nitrogens with one attached hydrogen (secondary N) is 1. The van der Waals surface area contributed by atoms with E-state index in [0.717, 1.165) is 5.56 Å². The van der Waals surface area contributed by atoms with Gasteiger partial charge < -0.3 is 14.4 Å². The van der Waals surface area contributed by atoms with Crippen molar-refractivity contribution in [3.8, 4) is 23.0 Å². The molecule has 3 aromatic carbocycles. The average molecular weight is 474 g/mol. The third kappa shape index (κ3) is 4.87. The van der Waals surface area contributed by atoms with Crippen LogP contribution in [0.3, 0.4) is 0 Å². The largest absolute Gasteiger partial charge is 0.332 e. The summed E-state index contributed by atoms with van der Waals surface area (Å²) in [5, 5.41) is 7.31. The minimum atomic E-state index is -0.331. The predicted molar refractivity (Wildman–Crippen MR) is 126 cm³/mol. The summed E-state index contributed by atoms with van der Waals surface area (Å²) >= 11 is 5.95. The number of anilines is 1. The molecule has 0 saturated carbocycles. The van der Waals surface area contributed by atoms with E-state index < -0.39 is 0 Å². The monoisotopic (exact) mass is 473 g/mol. The number of hydrogen-bond donors (Lipinski definition) is 1. The summed E-state index contributed by atoms with van der Waals surface area (Å²) in [6.07, 6.45) is 3.47. The van der Waals surface area contributed by atoms with Gasteiger partial charge in [-0.3, -0.25) is 4.79 Å². The van der Waals surface area contributed by atoms with Crippen LogP contribution in [0.15, 0.2) is 89.8 Å². The van der Waals surface area contributed by atoms with Gasteiger partial charge in [-0.25, -0.2) is 9.37 Å². The van der Waals surface area contributed by atoms with Gasteiger partial charge in [-0.1, -0.05) is 35.0 Å². The van der Waals surface area contributed by atoms with E-state index >= 15 is 0 Å². The highest BCUT2D eigenvalue weighted by Crippen LogP contribution is 2.22. The lowest BCUT2D eigenvalue weighted by Crippen LogP contribution is -2.11. The second kappa shape index (κ2) is 9.29.